The minimum Gasteiger partial charge on any atom is -0.445 e. The summed E-state index contributed by atoms with van der Waals surface area (Å²) >= 11 is 0. The molecule has 1 rings (SSSR count). The van der Waals surface area contributed by atoms with E-state index in [2.05, 4.69) is 17.2 Å². The lowest BCUT2D eigenvalue weighted by atomic mass is 10.2. The summed E-state index contributed by atoms with van der Waals surface area (Å²) in [4.78, 5) is 11.2. The van der Waals surface area contributed by atoms with E-state index < -0.39 is 6.09 Å². The molecule has 0 fully saturated rings. The Hall–Kier alpha value is -1.99. The normalized spacial score (nSPS) is 9.00. The second-order valence-electron chi connectivity index (χ2n) is 3.25. The molecule has 0 bridgehead atoms. The first-order chi connectivity index (χ1) is 8.33. The maximum Gasteiger partial charge on any atom is 0.407 e. The maximum absolute atomic E-state index is 11.2. The van der Waals surface area contributed by atoms with Gasteiger partial charge >= 0.3 is 6.09 Å². The predicted molar refractivity (Wildman–Crippen MR) is 64.1 cm³/mol. The number of rotatable bonds is 4. The van der Waals surface area contributed by atoms with Crippen molar-refractivity contribution in [2.75, 3.05) is 13.2 Å². The molecule has 1 aromatic carbocycles. The zero-order valence-electron chi connectivity index (χ0n) is 9.48. The summed E-state index contributed by atoms with van der Waals surface area (Å²) < 4.78 is 4.99. The zero-order chi connectivity index (χ0) is 12.3. The Kier molecular flexibility index (Phi) is 6.30. The van der Waals surface area contributed by atoms with Gasteiger partial charge < -0.3 is 15.2 Å². The van der Waals surface area contributed by atoms with Crippen molar-refractivity contribution in [3.8, 4) is 11.8 Å². The highest BCUT2D eigenvalue weighted by Crippen LogP contribution is 2.00. The third kappa shape index (κ3) is 6.23. The van der Waals surface area contributed by atoms with Crippen molar-refractivity contribution >= 4 is 6.09 Å². The molecule has 90 valence electrons. The van der Waals surface area contributed by atoms with Crippen molar-refractivity contribution < 1.29 is 14.6 Å². The van der Waals surface area contributed by atoms with Gasteiger partial charge in [0.25, 0.3) is 0 Å². The third-order valence-electron chi connectivity index (χ3n) is 1.94. The summed E-state index contributed by atoms with van der Waals surface area (Å²) in [7, 11) is 0. The predicted octanol–water partition coefficient (Wildman–Crippen LogP) is 1.30. The summed E-state index contributed by atoms with van der Waals surface area (Å²) in [5.74, 6) is 5.19. The fourth-order valence-corrected chi connectivity index (χ4v) is 1.15. The molecule has 0 saturated heterocycles. The van der Waals surface area contributed by atoms with Crippen molar-refractivity contribution in [1.29, 1.82) is 0 Å². The molecule has 0 spiro atoms. The topological polar surface area (TPSA) is 58.6 Å². The second kappa shape index (κ2) is 8.20. The number of hydrogen-bond donors (Lipinski definition) is 2. The van der Waals surface area contributed by atoms with Crippen molar-refractivity contribution in [3.05, 3.63) is 35.9 Å². The lowest BCUT2D eigenvalue weighted by Gasteiger charge is -2.05. The Balaban J connectivity index is 2.13. The highest BCUT2D eigenvalue weighted by Gasteiger charge is 2.00. The van der Waals surface area contributed by atoms with Gasteiger partial charge in [0.15, 0.2) is 0 Å². The molecular formula is C13H15NO3. The first-order valence-electron chi connectivity index (χ1n) is 5.34. The van der Waals surface area contributed by atoms with E-state index in [0.29, 0.717) is 13.0 Å². The molecule has 0 atom stereocenters. The number of hydrogen-bond acceptors (Lipinski definition) is 3. The van der Waals surface area contributed by atoms with Crippen LogP contribution in [0.25, 0.3) is 0 Å². The monoisotopic (exact) mass is 233 g/mol. The van der Waals surface area contributed by atoms with E-state index in [4.69, 9.17) is 9.84 Å². The standard InChI is InChI=1S/C13H15NO3/c15-10-6-2-5-9-14-13(16)17-11-12-7-3-1-4-8-12/h1,3-4,7-8,15H,5,9-11H2,(H,14,16). The molecule has 2 N–H and O–H groups in total. The number of aliphatic hydroxyl groups excluding tert-OH is 1. The van der Waals surface area contributed by atoms with Crippen LogP contribution in [0.3, 0.4) is 0 Å². The van der Waals surface area contributed by atoms with Crippen molar-refractivity contribution in [1.82, 2.24) is 5.32 Å². The van der Waals surface area contributed by atoms with Gasteiger partial charge in [-0.3, -0.25) is 0 Å². The number of benzene rings is 1. The summed E-state index contributed by atoms with van der Waals surface area (Å²) in [5.41, 5.74) is 0.947. The van der Waals surface area contributed by atoms with Crippen molar-refractivity contribution in [2.24, 2.45) is 0 Å². The van der Waals surface area contributed by atoms with Crippen molar-refractivity contribution in [2.45, 2.75) is 13.0 Å². The molecule has 0 aliphatic carbocycles. The molecule has 0 aliphatic rings. The smallest absolute Gasteiger partial charge is 0.407 e. The van der Waals surface area contributed by atoms with Gasteiger partial charge in [-0.05, 0) is 5.56 Å². The van der Waals surface area contributed by atoms with Crippen LogP contribution in [0, 0.1) is 11.8 Å². The molecule has 0 aromatic heterocycles. The molecule has 17 heavy (non-hydrogen) atoms. The van der Waals surface area contributed by atoms with E-state index in [1.54, 1.807) is 0 Å². The fourth-order valence-electron chi connectivity index (χ4n) is 1.15. The number of alkyl carbamates (subject to hydrolysis) is 1. The van der Waals surface area contributed by atoms with E-state index in [-0.39, 0.29) is 13.2 Å². The number of aliphatic hydroxyl groups is 1. The van der Waals surface area contributed by atoms with Crippen LogP contribution >= 0.6 is 0 Å². The van der Waals surface area contributed by atoms with Crippen LogP contribution in [0.2, 0.25) is 0 Å². The number of carbonyl (C=O) groups excluding carboxylic acids is 1. The highest BCUT2D eigenvalue weighted by atomic mass is 16.5. The van der Waals surface area contributed by atoms with Crippen molar-refractivity contribution in [3.63, 3.8) is 0 Å². The molecule has 0 saturated carbocycles. The van der Waals surface area contributed by atoms with Crippen LogP contribution in [-0.4, -0.2) is 24.4 Å². The number of ether oxygens (including phenoxy) is 1. The highest BCUT2D eigenvalue weighted by molar-refractivity contribution is 5.67. The van der Waals surface area contributed by atoms with Gasteiger partial charge in [-0.15, -0.1) is 0 Å². The Bertz CT molecular complexity index is 392. The number of carbonyl (C=O) groups is 1. The quantitative estimate of drug-likeness (QED) is 0.608. The van der Waals surface area contributed by atoms with Crippen LogP contribution in [0.1, 0.15) is 12.0 Å². The van der Waals surface area contributed by atoms with E-state index in [1.807, 2.05) is 30.3 Å². The number of nitrogens with one attached hydrogen (secondary N) is 1. The largest absolute Gasteiger partial charge is 0.445 e. The van der Waals surface area contributed by atoms with Crippen LogP contribution in [0.4, 0.5) is 4.79 Å². The molecule has 4 nitrogen and oxygen atoms in total. The van der Waals surface area contributed by atoms with Gasteiger partial charge in [0, 0.05) is 13.0 Å². The Morgan fingerprint density at radius 2 is 2.06 bits per heavy atom. The van der Waals surface area contributed by atoms with E-state index in [9.17, 15) is 4.79 Å². The lowest BCUT2D eigenvalue weighted by Crippen LogP contribution is -2.24. The molecule has 0 unspecified atom stereocenters. The maximum atomic E-state index is 11.2. The van der Waals surface area contributed by atoms with E-state index in [1.165, 1.54) is 0 Å². The van der Waals surface area contributed by atoms with Crippen LogP contribution in [0.15, 0.2) is 30.3 Å². The summed E-state index contributed by atoms with van der Waals surface area (Å²) in [5, 5.41) is 11.0. The molecule has 0 aliphatic heterocycles. The summed E-state index contributed by atoms with van der Waals surface area (Å²) in [6.07, 6.45) is 0.0423. The average molecular weight is 233 g/mol. The molecule has 0 radical (unpaired) electrons. The summed E-state index contributed by atoms with van der Waals surface area (Å²) in [6, 6.07) is 9.46. The van der Waals surface area contributed by atoms with Gasteiger partial charge in [-0.1, -0.05) is 42.2 Å². The first-order valence-corrected chi connectivity index (χ1v) is 5.34. The van der Waals surface area contributed by atoms with Crippen LogP contribution in [-0.2, 0) is 11.3 Å². The first kappa shape index (κ1) is 13.1. The van der Waals surface area contributed by atoms with E-state index >= 15 is 0 Å². The Labute approximate surface area is 101 Å². The van der Waals surface area contributed by atoms with Gasteiger partial charge in [0.1, 0.15) is 13.2 Å². The molecule has 1 aromatic rings. The van der Waals surface area contributed by atoms with Gasteiger partial charge in [-0.2, -0.15) is 0 Å². The van der Waals surface area contributed by atoms with Crippen LogP contribution in [0.5, 0.6) is 0 Å². The second-order valence-corrected chi connectivity index (χ2v) is 3.25. The van der Waals surface area contributed by atoms with Crippen LogP contribution < -0.4 is 5.32 Å². The molecular weight excluding hydrogens is 218 g/mol. The Morgan fingerprint density at radius 3 is 2.76 bits per heavy atom. The lowest BCUT2D eigenvalue weighted by molar-refractivity contribution is 0.140. The molecule has 0 heterocycles. The third-order valence-corrected chi connectivity index (χ3v) is 1.94. The van der Waals surface area contributed by atoms with E-state index in [0.717, 1.165) is 5.56 Å². The fraction of sp³-hybridized carbons (Fsp3) is 0.308. The SMILES string of the molecule is O=C(NCCC#CCO)OCc1ccccc1. The minimum absolute atomic E-state index is 0.154. The molecule has 1 amide bonds. The average Bonchev–Trinajstić information content (AvgIpc) is 2.37. The van der Waals surface area contributed by atoms with Gasteiger partial charge in [-0.25, -0.2) is 4.79 Å². The van der Waals surface area contributed by atoms with Gasteiger partial charge in [0.2, 0.25) is 0 Å². The zero-order valence-corrected chi connectivity index (χ0v) is 9.48. The summed E-state index contributed by atoms with van der Waals surface area (Å²) in [6.45, 7) is 0.522. The minimum atomic E-state index is -0.459. The number of amides is 1. The van der Waals surface area contributed by atoms with Gasteiger partial charge in [0.05, 0.1) is 0 Å². The molecule has 4 heteroatoms. The Morgan fingerprint density at radius 1 is 1.29 bits per heavy atom.